The van der Waals surface area contributed by atoms with Gasteiger partial charge in [-0.05, 0) is 60.9 Å². The van der Waals surface area contributed by atoms with Crippen molar-refractivity contribution >= 4 is 45.7 Å². The number of nitrogens with two attached hydrogens (primary N) is 1. The molecule has 1 aromatic carbocycles. The lowest BCUT2D eigenvalue weighted by atomic mass is 10.0. The molecule has 2 aromatic rings. The van der Waals surface area contributed by atoms with Gasteiger partial charge in [0.25, 0.3) is 11.8 Å². The number of anilines is 1. The van der Waals surface area contributed by atoms with Gasteiger partial charge in [0, 0.05) is 9.90 Å². The Morgan fingerprint density at radius 3 is 2.65 bits per heavy atom. The summed E-state index contributed by atoms with van der Waals surface area (Å²) in [6.07, 6.45) is 2.61. The molecule has 0 bridgehead atoms. The Balaban J connectivity index is 1.55. The van der Waals surface area contributed by atoms with Crippen molar-refractivity contribution in [3.8, 4) is 5.75 Å². The van der Waals surface area contributed by atoms with Crippen LogP contribution in [0.15, 0.2) is 12.1 Å². The number of hydrogen-bond acceptors (Lipinski definition) is 6. The minimum absolute atomic E-state index is 0.154. The molecule has 0 aliphatic heterocycles. The normalized spacial score (nSPS) is 12.5. The summed E-state index contributed by atoms with van der Waals surface area (Å²) in [6, 6.07) is 3.60. The number of halogens is 1. The van der Waals surface area contributed by atoms with Gasteiger partial charge < -0.3 is 20.5 Å². The Labute approximate surface area is 189 Å². The van der Waals surface area contributed by atoms with Crippen molar-refractivity contribution in [2.45, 2.75) is 46.0 Å². The molecule has 31 heavy (non-hydrogen) atoms. The van der Waals surface area contributed by atoms with Crippen molar-refractivity contribution in [1.82, 2.24) is 0 Å². The van der Waals surface area contributed by atoms with E-state index in [0.717, 1.165) is 40.8 Å². The number of fused-ring (bicyclic) bond motifs is 1. The third-order valence-corrected chi connectivity index (χ3v) is 6.66. The quantitative estimate of drug-likeness (QED) is 0.574. The number of rotatable bonds is 8. The number of benzene rings is 1. The Bertz CT molecular complexity index is 1030. The van der Waals surface area contributed by atoms with Crippen molar-refractivity contribution in [2.75, 3.05) is 18.5 Å². The highest BCUT2D eigenvalue weighted by Gasteiger charge is 2.26. The summed E-state index contributed by atoms with van der Waals surface area (Å²) >= 11 is 7.52. The number of ether oxygens (including phenoxy) is 2. The molecule has 1 aliphatic rings. The van der Waals surface area contributed by atoms with Gasteiger partial charge in [-0.1, -0.05) is 25.4 Å². The summed E-state index contributed by atoms with van der Waals surface area (Å²) in [4.78, 5) is 37.2. The largest absolute Gasteiger partial charge is 0.482 e. The van der Waals surface area contributed by atoms with Crippen molar-refractivity contribution in [1.29, 1.82) is 0 Å². The molecule has 0 spiro atoms. The zero-order valence-electron chi connectivity index (χ0n) is 17.7. The molecule has 3 rings (SSSR count). The predicted molar refractivity (Wildman–Crippen MR) is 120 cm³/mol. The van der Waals surface area contributed by atoms with Crippen LogP contribution in [0.5, 0.6) is 5.75 Å². The van der Waals surface area contributed by atoms with E-state index >= 15 is 0 Å². The molecule has 0 saturated heterocycles. The predicted octanol–water partition coefficient (Wildman–Crippen LogP) is 3.98. The van der Waals surface area contributed by atoms with E-state index in [9.17, 15) is 14.4 Å². The maximum atomic E-state index is 12.2. The van der Waals surface area contributed by atoms with E-state index < -0.39 is 24.4 Å². The number of carbonyl (C=O) groups excluding carboxylic acids is 3. The maximum absolute atomic E-state index is 12.2. The van der Waals surface area contributed by atoms with Crippen molar-refractivity contribution in [3.63, 3.8) is 0 Å². The van der Waals surface area contributed by atoms with Crippen LogP contribution in [-0.2, 0) is 27.2 Å². The minimum atomic E-state index is -0.679. The van der Waals surface area contributed by atoms with Crippen LogP contribution in [0.3, 0.4) is 0 Å². The molecular weight excluding hydrogens is 440 g/mol. The summed E-state index contributed by atoms with van der Waals surface area (Å²) < 4.78 is 10.6. The summed E-state index contributed by atoms with van der Waals surface area (Å²) in [6.45, 7) is 5.02. The number of nitrogens with one attached hydrogen (secondary N) is 1. The summed E-state index contributed by atoms with van der Waals surface area (Å²) in [5.74, 6) is -1.08. The van der Waals surface area contributed by atoms with Gasteiger partial charge in [-0.25, -0.2) is 4.79 Å². The Hall–Kier alpha value is -2.58. The van der Waals surface area contributed by atoms with Crippen LogP contribution in [0.4, 0.5) is 5.00 Å². The molecule has 7 nitrogen and oxygen atoms in total. The molecule has 0 fully saturated rings. The highest BCUT2D eigenvalue weighted by atomic mass is 35.5. The van der Waals surface area contributed by atoms with Gasteiger partial charge in [0.1, 0.15) is 10.8 Å². The summed E-state index contributed by atoms with van der Waals surface area (Å²) in [5.41, 5.74) is 8.48. The number of esters is 1. The summed E-state index contributed by atoms with van der Waals surface area (Å²) in [7, 11) is 0. The lowest BCUT2D eigenvalue weighted by Crippen LogP contribution is -2.24. The van der Waals surface area contributed by atoms with Gasteiger partial charge in [0.15, 0.2) is 13.2 Å². The molecule has 0 saturated carbocycles. The molecule has 0 unspecified atom stereocenters. The van der Waals surface area contributed by atoms with Crippen molar-refractivity contribution in [2.24, 2.45) is 5.73 Å². The van der Waals surface area contributed by atoms with Gasteiger partial charge >= 0.3 is 5.97 Å². The van der Waals surface area contributed by atoms with E-state index in [4.69, 9.17) is 26.8 Å². The van der Waals surface area contributed by atoms with Gasteiger partial charge in [-0.3, -0.25) is 9.59 Å². The minimum Gasteiger partial charge on any atom is -0.482 e. The molecular formula is C22H25ClN2O5S. The van der Waals surface area contributed by atoms with Crippen LogP contribution >= 0.6 is 22.9 Å². The first-order valence-electron chi connectivity index (χ1n) is 10.00. The average Bonchev–Trinajstić information content (AvgIpc) is 3.27. The van der Waals surface area contributed by atoms with Crippen molar-refractivity contribution in [3.05, 3.63) is 44.3 Å². The van der Waals surface area contributed by atoms with Gasteiger partial charge in [-0.15, -0.1) is 11.3 Å². The van der Waals surface area contributed by atoms with Crippen LogP contribution < -0.4 is 15.8 Å². The number of carbonyl (C=O) groups is 3. The molecule has 1 heterocycles. The van der Waals surface area contributed by atoms with E-state index in [2.05, 4.69) is 5.32 Å². The van der Waals surface area contributed by atoms with E-state index in [0.29, 0.717) is 21.3 Å². The average molecular weight is 465 g/mol. The third kappa shape index (κ3) is 5.37. The fraction of sp³-hybridized carbons (Fsp3) is 0.409. The van der Waals surface area contributed by atoms with Gasteiger partial charge in [0.05, 0.1) is 5.56 Å². The molecule has 166 valence electrons. The highest BCUT2D eigenvalue weighted by molar-refractivity contribution is 7.17. The van der Waals surface area contributed by atoms with Crippen molar-refractivity contribution < 1.29 is 23.9 Å². The topological polar surface area (TPSA) is 108 Å². The Morgan fingerprint density at radius 2 is 1.97 bits per heavy atom. The first-order chi connectivity index (χ1) is 14.7. The van der Waals surface area contributed by atoms with E-state index in [1.54, 1.807) is 6.07 Å². The standard InChI is InChI=1S/C22H25ClN2O5S/c1-11(2)14-8-15(23)12(3)7-16(14)29-10-19(27)30-9-18(26)25-22-20(21(24)28)13-5-4-6-17(13)31-22/h7-8,11H,4-6,9-10H2,1-3H3,(H2,24,28)(H,25,26). The molecule has 0 atom stereocenters. The van der Waals surface area contributed by atoms with Crippen LogP contribution in [0.2, 0.25) is 5.02 Å². The number of thiophene rings is 1. The van der Waals surface area contributed by atoms with Crippen LogP contribution in [0.25, 0.3) is 0 Å². The number of amides is 2. The fourth-order valence-electron chi connectivity index (χ4n) is 3.49. The Morgan fingerprint density at radius 1 is 1.23 bits per heavy atom. The third-order valence-electron chi connectivity index (χ3n) is 5.04. The van der Waals surface area contributed by atoms with Crippen LogP contribution in [-0.4, -0.2) is 31.0 Å². The monoisotopic (exact) mass is 464 g/mol. The fourth-order valence-corrected chi connectivity index (χ4v) is 4.97. The summed E-state index contributed by atoms with van der Waals surface area (Å²) in [5, 5.41) is 3.67. The van der Waals surface area contributed by atoms with E-state index in [1.165, 1.54) is 11.3 Å². The SMILES string of the molecule is Cc1cc(OCC(=O)OCC(=O)Nc2sc3c(c2C(N)=O)CCC3)c(C(C)C)cc1Cl. The first-order valence-corrected chi connectivity index (χ1v) is 11.2. The highest BCUT2D eigenvalue weighted by Crippen LogP contribution is 2.38. The second-order valence-electron chi connectivity index (χ2n) is 7.72. The molecule has 1 aliphatic carbocycles. The lowest BCUT2D eigenvalue weighted by molar-refractivity contribution is -0.149. The lowest BCUT2D eigenvalue weighted by Gasteiger charge is -2.15. The molecule has 9 heteroatoms. The van der Waals surface area contributed by atoms with E-state index in [-0.39, 0.29) is 12.5 Å². The zero-order chi connectivity index (χ0) is 22.7. The smallest absolute Gasteiger partial charge is 0.344 e. The second kappa shape index (κ2) is 9.70. The molecule has 1 aromatic heterocycles. The number of hydrogen-bond donors (Lipinski definition) is 2. The van der Waals surface area contributed by atoms with Crippen LogP contribution in [0, 0.1) is 6.92 Å². The second-order valence-corrected chi connectivity index (χ2v) is 9.23. The first kappa shape index (κ1) is 23.1. The number of aryl methyl sites for hydroxylation is 2. The van der Waals surface area contributed by atoms with E-state index in [1.807, 2.05) is 26.8 Å². The van der Waals surface area contributed by atoms with Gasteiger partial charge in [0.2, 0.25) is 0 Å². The molecule has 0 radical (unpaired) electrons. The van der Waals surface area contributed by atoms with Gasteiger partial charge in [-0.2, -0.15) is 0 Å². The number of primary amides is 1. The van der Waals surface area contributed by atoms with Crippen LogP contribution in [0.1, 0.15) is 58.1 Å². The molecule has 2 amide bonds. The zero-order valence-corrected chi connectivity index (χ0v) is 19.2. The molecule has 3 N–H and O–H groups in total. The maximum Gasteiger partial charge on any atom is 0.344 e. The Kier molecular flexibility index (Phi) is 7.23.